The van der Waals surface area contributed by atoms with Gasteiger partial charge in [-0.15, -0.1) is 11.3 Å². The van der Waals surface area contributed by atoms with E-state index in [2.05, 4.69) is 63.6 Å². The molecule has 1 nitrogen and oxygen atoms in total. The van der Waals surface area contributed by atoms with Gasteiger partial charge in [-0.2, -0.15) is 0 Å². The number of hydrogen-bond acceptors (Lipinski definition) is 3. The van der Waals surface area contributed by atoms with Gasteiger partial charge in [0, 0.05) is 26.1 Å². The maximum absolute atomic E-state index is 3.59. The highest BCUT2D eigenvalue weighted by Crippen LogP contribution is 2.53. The molecule has 106 valence electrons. The van der Waals surface area contributed by atoms with Crippen LogP contribution in [0.1, 0.15) is 50.3 Å². The van der Waals surface area contributed by atoms with Gasteiger partial charge in [-0.3, -0.25) is 4.72 Å². The van der Waals surface area contributed by atoms with E-state index >= 15 is 0 Å². The summed E-state index contributed by atoms with van der Waals surface area (Å²) in [7, 11) is 0. The summed E-state index contributed by atoms with van der Waals surface area (Å²) >= 11 is 3.81. The second kappa shape index (κ2) is 4.90. The summed E-state index contributed by atoms with van der Waals surface area (Å²) in [6.07, 6.45) is 0. The minimum atomic E-state index is 0.137. The molecular weight excluding hydrogens is 282 g/mol. The molecule has 3 rings (SSSR count). The van der Waals surface area contributed by atoms with Crippen LogP contribution in [0.25, 0.3) is 15.7 Å². The van der Waals surface area contributed by atoms with Crippen LogP contribution in [0.3, 0.4) is 0 Å². The molecule has 20 heavy (non-hydrogen) atoms. The van der Waals surface area contributed by atoms with Crippen molar-refractivity contribution in [2.75, 3.05) is 0 Å². The van der Waals surface area contributed by atoms with Gasteiger partial charge in [0.15, 0.2) is 0 Å². The molecule has 1 aromatic heterocycles. The first kappa shape index (κ1) is 14.2. The van der Waals surface area contributed by atoms with Gasteiger partial charge < -0.3 is 0 Å². The molecule has 1 aromatic carbocycles. The third kappa shape index (κ3) is 2.32. The van der Waals surface area contributed by atoms with E-state index in [4.69, 9.17) is 0 Å². The van der Waals surface area contributed by atoms with E-state index in [9.17, 15) is 0 Å². The normalized spacial score (nSPS) is 18.9. The zero-order valence-corrected chi connectivity index (χ0v) is 14.3. The summed E-state index contributed by atoms with van der Waals surface area (Å²) in [5, 5.41) is 1.88. The smallest absolute Gasteiger partial charge is 0.0755 e. The van der Waals surface area contributed by atoms with Crippen molar-refractivity contribution in [2.24, 2.45) is 0 Å². The van der Waals surface area contributed by atoms with Gasteiger partial charge in [-0.1, -0.05) is 35.7 Å². The maximum atomic E-state index is 3.59. The van der Waals surface area contributed by atoms with E-state index in [-0.39, 0.29) is 5.54 Å². The van der Waals surface area contributed by atoms with Crippen LogP contribution in [0.5, 0.6) is 0 Å². The first-order valence-corrected chi connectivity index (χ1v) is 8.70. The Balaban J connectivity index is 2.04. The Morgan fingerprint density at radius 1 is 1.15 bits per heavy atom. The quantitative estimate of drug-likeness (QED) is 0.705. The number of benzene rings is 1. The van der Waals surface area contributed by atoms with Gasteiger partial charge in [0.2, 0.25) is 0 Å². The minimum Gasteiger partial charge on any atom is -0.258 e. The van der Waals surface area contributed by atoms with Crippen molar-refractivity contribution in [3.8, 4) is 0 Å². The highest BCUT2D eigenvalue weighted by molar-refractivity contribution is 7.98. The molecule has 0 bridgehead atoms. The van der Waals surface area contributed by atoms with E-state index in [1.807, 2.05) is 23.3 Å². The van der Waals surface area contributed by atoms with Gasteiger partial charge >= 0.3 is 0 Å². The summed E-state index contributed by atoms with van der Waals surface area (Å²) in [5.74, 6) is 0. The molecule has 1 heterocycles. The molecule has 1 aliphatic carbocycles. The number of hydrogen-bond donors (Lipinski definition) is 1. The minimum absolute atomic E-state index is 0.137. The fourth-order valence-corrected chi connectivity index (χ4v) is 5.25. The van der Waals surface area contributed by atoms with Crippen LogP contribution >= 0.6 is 23.3 Å². The average molecular weight is 303 g/mol. The third-order valence-electron chi connectivity index (χ3n) is 3.70. The Morgan fingerprint density at radius 3 is 2.55 bits per heavy atom. The lowest BCUT2D eigenvalue weighted by Gasteiger charge is -2.23. The van der Waals surface area contributed by atoms with Crippen molar-refractivity contribution in [1.82, 2.24) is 4.72 Å². The summed E-state index contributed by atoms with van der Waals surface area (Å²) in [4.78, 5) is 1.52. The maximum Gasteiger partial charge on any atom is 0.0755 e. The molecule has 0 saturated heterocycles. The van der Waals surface area contributed by atoms with E-state index in [0.717, 1.165) is 0 Å². The molecule has 2 aromatic rings. The predicted octanol–water partition coefficient (Wildman–Crippen LogP) is 5.79. The lowest BCUT2D eigenvalue weighted by atomic mass is 10.1. The van der Waals surface area contributed by atoms with Crippen LogP contribution in [0.15, 0.2) is 29.8 Å². The molecule has 0 aliphatic heterocycles. The largest absolute Gasteiger partial charge is 0.258 e. The lowest BCUT2D eigenvalue weighted by Crippen LogP contribution is -2.30. The summed E-state index contributed by atoms with van der Waals surface area (Å²) in [6.45, 7) is 11.2. The van der Waals surface area contributed by atoms with Crippen molar-refractivity contribution in [2.45, 2.75) is 45.4 Å². The molecule has 0 fully saturated rings. The molecule has 0 amide bonds. The second-order valence-electron chi connectivity index (χ2n) is 6.50. The number of thiophene rings is 1. The van der Waals surface area contributed by atoms with Gasteiger partial charge in [0.1, 0.15) is 0 Å². The molecule has 0 spiro atoms. The van der Waals surface area contributed by atoms with Crippen LogP contribution < -0.4 is 4.72 Å². The highest BCUT2D eigenvalue weighted by Gasteiger charge is 2.31. The fraction of sp³-hybridized carbons (Fsp3) is 0.412. The average Bonchev–Trinajstić information content (AvgIpc) is 2.84. The standard InChI is InChI=1S/C17H21NS2/c1-10-11(2)15(20-18-17(3,4)5)16-14(10)12-8-6-7-9-13(12)19-16/h6-9,15,18H,1-5H3. The van der Waals surface area contributed by atoms with Crippen molar-refractivity contribution >= 4 is 38.9 Å². The molecule has 1 N–H and O–H groups in total. The lowest BCUT2D eigenvalue weighted by molar-refractivity contribution is 0.534. The number of allylic oxidation sites excluding steroid dienone is 1. The van der Waals surface area contributed by atoms with E-state index in [1.54, 1.807) is 0 Å². The summed E-state index contributed by atoms with van der Waals surface area (Å²) in [5.41, 5.74) is 4.58. The number of rotatable bonds is 2. The van der Waals surface area contributed by atoms with E-state index < -0.39 is 0 Å². The van der Waals surface area contributed by atoms with Gasteiger partial charge in [-0.25, -0.2) is 0 Å². The molecule has 1 unspecified atom stereocenters. The highest BCUT2D eigenvalue weighted by atomic mass is 32.2. The number of fused-ring (bicyclic) bond motifs is 3. The molecular formula is C17H21NS2. The molecule has 3 heteroatoms. The first-order chi connectivity index (χ1) is 9.38. The third-order valence-corrected chi connectivity index (χ3v) is 6.64. The Bertz CT molecular complexity index is 689. The van der Waals surface area contributed by atoms with Gasteiger partial charge in [0.05, 0.1) is 5.25 Å². The van der Waals surface area contributed by atoms with Crippen molar-refractivity contribution in [1.29, 1.82) is 0 Å². The molecule has 1 atom stereocenters. The van der Waals surface area contributed by atoms with Crippen molar-refractivity contribution in [3.05, 3.63) is 40.3 Å². The SMILES string of the molecule is CC1=C(C)C(SNC(C)(C)C)c2sc3ccccc3c21. The summed E-state index contributed by atoms with van der Waals surface area (Å²) in [6, 6.07) is 8.77. The Hall–Kier alpha value is -0.770. The summed E-state index contributed by atoms with van der Waals surface area (Å²) < 4.78 is 5.00. The Kier molecular flexibility index (Phi) is 3.47. The predicted molar refractivity (Wildman–Crippen MR) is 93.3 cm³/mol. The van der Waals surface area contributed by atoms with E-state index in [0.29, 0.717) is 5.25 Å². The van der Waals surface area contributed by atoms with Gasteiger partial charge in [0.25, 0.3) is 0 Å². The second-order valence-corrected chi connectivity index (χ2v) is 8.49. The molecule has 0 radical (unpaired) electrons. The van der Waals surface area contributed by atoms with Crippen LogP contribution in [0, 0.1) is 0 Å². The topological polar surface area (TPSA) is 12.0 Å². The molecule has 0 saturated carbocycles. The zero-order chi connectivity index (χ0) is 14.5. The Labute approximate surface area is 129 Å². The van der Waals surface area contributed by atoms with Crippen LogP contribution in [0.2, 0.25) is 0 Å². The van der Waals surface area contributed by atoms with Crippen molar-refractivity contribution in [3.63, 3.8) is 0 Å². The first-order valence-electron chi connectivity index (χ1n) is 7.00. The fourth-order valence-electron chi connectivity index (χ4n) is 2.60. The molecule has 1 aliphatic rings. The Morgan fingerprint density at radius 2 is 1.85 bits per heavy atom. The number of nitrogens with one attached hydrogen (secondary N) is 1. The monoisotopic (exact) mass is 303 g/mol. The van der Waals surface area contributed by atoms with Crippen LogP contribution in [-0.4, -0.2) is 5.54 Å². The van der Waals surface area contributed by atoms with Crippen LogP contribution in [-0.2, 0) is 0 Å². The zero-order valence-electron chi connectivity index (χ0n) is 12.7. The van der Waals surface area contributed by atoms with E-state index in [1.165, 1.54) is 31.7 Å². The van der Waals surface area contributed by atoms with Crippen molar-refractivity contribution < 1.29 is 0 Å². The van der Waals surface area contributed by atoms with Crippen LogP contribution in [0.4, 0.5) is 0 Å². The van der Waals surface area contributed by atoms with Gasteiger partial charge in [-0.05, 0) is 46.3 Å².